The molecular formula is C15H19N3. The van der Waals surface area contributed by atoms with Crippen LogP contribution in [0.25, 0.3) is 0 Å². The topological polar surface area (TPSA) is 48.7 Å². The molecule has 0 radical (unpaired) electrons. The van der Waals surface area contributed by atoms with Gasteiger partial charge in [0, 0.05) is 12.7 Å². The van der Waals surface area contributed by atoms with Gasteiger partial charge in [0.1, 0.15) is 11.9 Å². The Kier molecular flexibility index (Phi) is 4.78. The van der Waals surface area contributed by atoms with Gasteiger partial charge in [-0.3, -0.25) is 0 Å². The third-order valence-corrected chi connectivity index (χ3v) is 3.30. The lowest BCUT2D eigenvalue weighted by Gasteiger charge is -2.08. The van der Waals surface area contributed by atoms with Crippen molar-refractivity contribution >= 4 is 5.82 Å². The van der Waals surface area contributed by atoms with Crippen molar-refractivity contribution < 1.29 is 0 Å². The van der Waals surface area contributed by atoms with Crippen molar-refractivity contribution in [3.8, 4) is 6.07 Å². The first kappa shape index (κ1) is 12.6. The third kappa shape index (κ3) is 3.59. The summed E-state index contributed by atoms with van der Waals surface area (Å²) in [7, 11) is 0. The summed E-state index contributed by atoms with van der Waals surface area (Å²) in [6, 6.07) is 5.74. The summed E-state index contributed by atoms with van der Waals surface area (Å²) in [5.74, 6) is 0.703. The van der Waals surface area contributed by atoms with E-state index in [2.05, 4.69) is 22.4 Å². The van der Waals surface area contributed by atoms with Crippen LogP contribution in [-0.2, 0) is 0 Å². The van der Waals surface area contributed by atoms with E-state index in [-0.39, 0.29) is 0 Å². The molecule has 0 saturated heterocycles. The highest BCUT2D eigenvalue weighted by atomic mass is 15.0. The van der Waals surface area contributed by atoms with Gasteiger partial charge in [-0.05, 0) is 44.2 Å². The summed E-state index contributed by atoms with van der Waals surface area (Å²) in [4.78, 5) is 4.20. The molecule has 1 aromatic heterocycles. The lowest BCUT2D eigenvalue weighted by molar-refractivity contribution is 0.704. The molecule has 1 aliphatic rings. The van der Waals surface area contributed by atoms with Crippen LogP contribution in [0.15, 0.2) is 30.0 Å². The Morgan fingerprint density at radius 1 is 1.33 bits per heavy atom. The number of aromatic nitrogens is 1. The van der Waals surface area contributed by atoms with E-state index in [0.29, 0.717) is 11.4 Å². The van der Waals surface area contributed by atoms with Gasteiger partial charge in [-0.2, -0.15) is 5.26 Å². The Hall–Kier alpha value is -1.82. The van der Waals surface area contributed by atoms with Crippen LogP contribution in [0, 0.1) is 11.3 Å². The summed E-state index contributed by atoms with van der Waals surface area (Å²) in [6.45, 7) is 0.859. The largest absolute Gasteiger partial charge is 0.369 e. The standard InChI is InChI=1S/C15H19N3/c16-12-14-8-5-10-17-15(14)18-11-9-13-6-3-1-2-4-7-13/h5-6,8,10H,1-4,7,9,11H2,(H,17,18). The van der Waals surface area contributed by atoms with Crippen LogP contribution in [0.1, 0.15) is 44.1 Å². The molecule has 2 rings (SSSR count). The number of anilines is 1. The minimum absolute atomic E-state index is 0.618. The van der Waals surface area contributed by atoms with Crippen LogP contribution in [0.2, 0.25) is 0 Å². The summed E-state index contributed by atoms with van der Waals surface area (Å²) >= 11 is 0. The molecule has 3 nitrogen and oxygen atoms in total. The number of nitriles is 1. The SMILES string of the molecule is N#Cc1cccnc1NCCC1=CCCCCC1. The maximum Gasteiger partial charge on any atom is 0.143 e. The van der Waals surface area contributed by atoms with Gasteiger partial charge in [0.15, 0.2) is 0 Å². The van der Waals surface area contributed by atoms with Gasteiger partial charge in [0.25, 0.3) is 0 Å². The zero-order chi connectivity index (χ0) is 12.6. The highest BCUT2D eigenvalue weighted by Crippen LogP contribution is 2.20. The lowest BCUT2D eigenvalue weighted by Crippen LogP contribution is -2.06. The molecular weight excluding hydrogens is 222 g/mol. The number of nitrogens with one attached hydrogen (secondary N) is 1. The van der Waals surface area contributed by atoms with Crippen molar-refractivity contribution in [2.45, 2.75) is 38.5 Å². The van der Waals surface area contributed by atoms with Crippen molar-refractivity contribution in [1.82, 2.24) is 4.98 Å². The van der Waals surface area contributed by atoms with Gasteiger partial charge >= 0.3 is 0 Å². The van der Waals surface area contributed by atoms with Gasteiger partial charge in [-0.1, -0.05) is 18.1 Å². The first-order valence-electron chi connectivity index (χ1n) is 6.67. The average molecular weight is 241 g/mol. The van der Waals surface area contributed by atoms with E-state index in [9.17, 15) is 0 Å². The van der Waals surface area contributed by atoms with E-state index >= 15 is 0 Å². The molecule has 0 aliphatic heterocycles. The fourth-order valence-electron chi connectivity index (χ4n) is 2.29. The molecule has 0 saturated carbocycles. The minimum atomic E-state index is 0.618. The van der Waals surface area contributed by atoms with Crippen LogP contribution in [-0.4, -0.2) is 11.5 Å². The predicted octanol–water partition coefficient (Wildman–Crippen LogP) is 3.65. The van der Waals surface area contributed by atoms with Crippen LogP contribution in [0.5, 0.6) is 0 Å². The number of nitrogens with zero attached hydrogens (tertiary/aromatic N) is 2. The fourth-order valence-corrected chi connectivity index (χ4v) is 2.29. The Balaban J connectivity index is 1.85. The maximum atomic E-state index is 8.96. The molecule has 18 heavy (non-hydrogen) atoms. The van der Waals surface area contributed by atoms with Crippen LogP contribution in [0.3, 0.4) is 0 Å². The van der Waals surface area contributed by atoms with Gasteiger partial charge in [-0.25, -0.2) is 4.98 Å². The fraction of sp³-hybridized carbons (Fsp3) is 0.467. The van der Waals surface area contributed by atoms with Crippen LogP contribution < -0.4 is 5.32 Å². The second kappa shape index (κ2) is 6.80. The first-order chi connectivity index (χ1) is 8.90. The van der Waals surface area contributed by atoms with E-state index in [1.165, 1.54) is 32.1 Å². The van der Waals surface area contributed by atoms with Crippen LogP contribution >= 0.6 is 0 Å². The highest BCUT2D eigenvalue weighted by Gasteiger charge is 2.04. The summed E-state index contributed by atoms with van der Waals surface area (Å²) in [6.07, 6.45) is 11.6. The molecule has 94 valence electrons. The van der Waals surface area contributed by atoms with Crippen molar-refractivity contribution in [1.29, 1.82) is 5.26 Å². The first-order valence-corrected chi connectivity index (χ1v) is 6.67. The number of hydrogen-bond donors (Lipinski definition) is 1. The monoisotopic (exact) mass is 241 g/mol. The zero-order valence-electron chi connectivity index (χ0n) is 10.7. The molecule has 0 atom stereocenters. The number of pyridine rings is 1. The second-order valence-electron chi connectivity index (χ2n) is 4.65. The van der Waals surface area contributed by atoms with E-state index in [1.54, 1.807) is 23.9 Å². The molecule has 0 fully saturated rings. The Morgan fingerprint density at radius 2 is 2.28 bits per heavy atom. The quantitative estimate of drug-likeness (QED) is 0.819. The van der Waals surface area contributed by atoms with E-state index in [0.717, 1.165) is 13.0 Å². The molecule has 1 aliphatic carbocycles. The smallest absolute Gasteiger partial charge is 0.143 e. The number of allylic oxidation sites excluding steroid dienone is 1. The lowest BCUT2D eigenvalue weighted by atomic mass is 10.1. The molecule has 3 heteroatoms. The van der Waals surface area contributed by atoms with Gasteiger partial charge in [-0.15, -0.1) is 0 Å². The van der Waals surface area contributed by atoms with Gasteiger partial charge in [0.2, 0.25) is 0 Å². The van der Waals surface area contributed by atoms with Gasteiger partial charge < -0.3 is 5.32 Å². The summed E-state index contributed by atoms with van der Waals surface area (Å²) in [5.41, 5.74) is 2.17. The van der Waals surface area contributed by atoms with Crippen LogP contribution in [0.4, 0.5) is 5.82 Å². The molecule has 0 bridgehead atoms. The summed E-state index contributed by atoms with van der Waals surface area (Å²) in [5, 5.41) is 12.2. The Labute approximate surface area is 109 Å². The minimum Gasteiger partial charge on any atom is -0.369 e. The number of rotatable bonds is 4. The molecule has 1 N–H and O–H groups in total. The zero-order valence-corrected chi connectivity index (χ0v) is 10.7. The highest BCUT2D eigenvalue weighted by molar-refractivity contribution is 5.51. The third-order valence-electron chi connectivity index (χ3n) is 3.30. The Morgan fingerprint density at radius 3 is 3.17 bits per heavy atom. The van der Waals surface area contributed by atoms with Crippen molar-refractivity contribution in [2.24, 2.45) is 0 Å². The molecule has 0 amide bonds. The number of hydrogen-bond acceptors (Lipinski definition) is 3. The molecule has 0 aromatic carbocycles. The van der Waals surface area contributed by atoms with Crippen molar-refractivity contribution in [2.75, 3.05) is 11.9 Å². The van der Waals surface area contributed by atoms with E-state index in [4.69, 9.17) is 5.26 Å². The maximum absolute atomic E-state index is 8.96. The predicted molar refractivity (Wildman–Crippen MR) is 73.2 cm³/mol. The van der Waals surface area contributed by atoms with E-state index < -0.39 is 0 Å². The van der Waals surface area contributed by atoms with Crippen molar-refractivity contribution in [3.05, 3.63) is 35.5 Å². The molecule has 1 aromatic rings. The second-order valence-corrected chi connectivity index (χ2v) is 4.65. The molecule has 0 spiro atoms. The van der Waals surface area contributed by atoms with Gasteiger partial charge in [0.05, 0.1) is 5.56 Å². The normalized spacial score (nSPS) is 15.4. The average Bonchev–Trinajstić information content (AvgIpc) is 2.68. The summed E-state index contributed by atoms with van der Waals surface area (Å²) < 4.78 is 0. The molecule has 0 unspecified atom stereocenters. The van der Waals surface area contributed by atoms with E-state index in [1.807, 2.05) is 0 Å². The Bertz CT molecular complexity index is 457. The van der Waals surface area contributed by atoms with Crippen molar-refractivity contribution in [3.63, 3.8) is 0 Å². The molecule has 1 heterocycles.